The summed E-state index contributed by atoms with van der Waals surface area (Å²) in [5, 5.41) is 7.31. The number of H-pyrrole nitrogens is 1. The molecule has 6 heteroatoms. The van der Waals surface area contributed by atoms with Gasteiger partial charge in [-0.2, -0.15) is 5.10 Å². The number of thioether (sulfide) groups is 1. The average molecular weight is 280 g/mol. The maximum Gasteiger partial charge on any atom is 0.233 e. The number of aromatic amines is 1. The first-order chi connectivity index (χ1) is 9.34. The first-order valence-electron chi connectivity index (χ1n) is 7.12. The predicted octanol–water partition coefficient (Wildman–Crippen LogP) is 2.08. The van der Waals surface area contributed by atoms with Gasteiger partial charge in [0, 0.05) is 12.6 Å². The fraction of sp³-hybridized carbons (Fsp3) is 0.769. The highest BCUT2D eigenvalue weighted by molar-refractivity contribution is 7.99. The lowest BCUT2D eigenvalue weighted by molar-refractivity contribution is -0.134. The SMILES string of the molecule is O=C(CSc1ncn[nH]1)N1CCC[C@H]2CCCC[C@H]21. The number of carbonyl (C=O) groups excluding carboxylic acids is 1. The van der Waals surface area contributed by atoms with E-state index in [2.05, 4.69) is 20.1 Å². The molecule has 0 bridgehead atoms. The van der Waals surface area contributed by atoms with E-state index in [0.717, 1.165) is 17.6 Å². The Morgan fingerprint density at radius 3 is 3.05 bits per heavy atom. The Bertz CT molecular complexity index is 420. The molecule has 1 saturated heterocycles. The van der Waals surface area contributed by atoms with Gasteiger partial charge < -0.3 is 4.90 Å². The Morgan fingerprint density at radius 1 is 1.37 bits per heavy atom. The lowest BCUT2D eigenvalue weighted by Gasteiger charge is -2.44. The number of amides is 1. The molecule has 0 aromatic carbocycles. The van der Waals surface area contributed by atoms with E-state index < -0.39 is 0 Å². The zero-order chi connectivity index (χ0) is 13.1. The van der Waals surface area contributed by atoms with Crippen molar-refractivity contribution in [3.8, 4) is 0 Å². The molecular formula is C13H20N4OS. The average Bonchev–Trinajstić information content (AvgIpc) is 2.97. The zero-order valence-corrected chi connectivity index (χ0v) is 11.9. The highest BCUT2D eigenvalue weighted by Crippen LogP contribution is 2.35. The third kappa shape index (κ3) is 2.94. The van der Waals surface area contributed by atoms with Gasteiger partial charge in [0.05, 0.1) is 5.75 Å². The molecule has 104 valence electrons. The van der Waals surface area contributed by atoms with Crippen molar-refractivity contribution < 1.29 is 4.79 Å². The molecule has 0 radical (unpaired) electrons. The Balaban J connectivity index is 1.58. The van der Waals surface area contributed by atoms with Gasteiger partial charge in [0.1, 0.15) is 6.33 Å². The van der Waals surface area contributed by atoms with Crippen molar-refractivity contribution in [3.05, 3.63) is 6.33 Å². The summed E-state index contributed by atoms with van der Waals surface area (Å²) in [5.74, 6) is 1.48. The molecule has 2 heterocycles. The second-order valence-electron chi connectivity index (χ2n) is 5.42. The molecule has 0 unspecified atom stereocenters. The number of nitrogens with zero attached hydrogens (tertiary/aromatic N) is 3. The number of piperidine rings is 1. The summed E-state index contributed by atoms with van der Waals surface area (Å²) in [5.41, 5.74) is 0. The maximum atomic E-state index is 12.4. The third-order valence-electron chi connectivity index (χ3n) is 4.29. The van der Waals surface area contributed by atoms with Crippen molar-refractivity contribution in [3.63, 3.8) is 0 Å². The first-order valence-corrected chi connectivity index (χ1v) is 8.11. The number of hydrogen-bond donors (Lipinski definition) is 1. The van der Waals surface area contributed by atoms with Crippen LogP contribution in [0.25, 0.3) is 0 Å². The monoisotopic (exact) mass is 280 g/mol. The molecular weight excluding hydrogens is 260 g/mol. The van der Waals surface area contributed by atoms with E-state index >= 15 is 0 Å². The molecule has 1 N–H and O–H groups in total. The van der Waals surface area contributed by atoms with Crippen molar-refractivity contribution in [1.29, 1.82) is 0 Å². The molecule has 1 amide bonds. The van der Waals surface area contributed by atoms with Crippen molar-refractivity contribution >= 4 is 17.7 Å². The van der Waals surface area contributed by atoms with E-state index in [0.29, 0.717) is 11.8 Å². The molecule has 0 spiro atoms. The van der Waals surface area contributed by atoms with Gasteiger partial charge in [0.25, 0.3) is 0 Å². The minimum absolute atomic E-state index is 0.262. The van der Waals surface area contributed by atoms with Gasteiger partial charge in [-0.15, -0.1) is 0 Å². The summed E-state index contributed by atoms with van der Waals surface area (Å²) in [4.78, 5) is 18.6. The number of aromatic nitrogens is 3. The van der Waals surface area contributed by atoms with E-state index in [1.165, 1.54) is 56.6 Å². The fourth-order valence-corrected chi connectivity index (χ4v) is 4.08. The molecule has 2 atom stereocenters. The molecule has 1 saturated carbocycles. The van der Waals surface area contributed by atoms with Crippen LogP contribution in [0, 0.1) is 5.92 Å². The third-order valence-corrected chi connectivity index (χ3v) is 5.15. The summed E-state index contributed by atoms with van der Waals surface area (Å²) >= 11 is 1.45. The Labute approximate surface area is 117 Å². The number of nitrogens with one attached hydrogen (secondary N) is 1. The molecule has 1 aromatic heterocycles. The van der Waals surface area contributed by atoms with Crippen LogP contribution in [0.3, 0.4) is 0 Å². The van der Waals surface area contributed by atoms with Crippen molar-refractivity contribution in [2.24, 2.45) is 5.92 Å². The number of hydrogen-bond acceptors (Lipinski definition) is 4. The second kappa shape index (κ2) is 5.94. The molecule has 1 aromatic rings. The quantitative estimate of drug-likeness (QED) is 0.861. The Kier molecular flexibility index (Phi) is 4.06. The van der Waals surface area contributed by atoms with Gasteiger partial charge in [-0.1, -0.05) is 24.6 Å². The summed E-state index contributed by atoms with van der Waals surface area (Å²) in [6, 6.07) is 0.505. The maximum absolute atomic E-state index is 12.4. The van der Waals surface area contributed by atoms with E-state index in [-0.39, 0.29) is 5.91 Å². The molecule has 19 heavy (non-hydrogen) atoms. The minimum Gasteiger partial charge on any atom is -0.339 e. The van der Waals surface area contributed by atoms with Gasteiger partial charge in [-0.3, -0.25) is 9.89 Å². The molecule has 3 rings (SSSR count). The number of likely N-dealkylation sites (tertiary alicyclic amines) is 1. The normalized spacial score (nSPS) is 27.1. The van der Waals surface area contributed by atoms with Crippen molar-refractivity contribution in [2.45, 2.75) is 49.7 Å². The van der Waals surface area contributed by atoms with Crippen LogP contribution in [0.15, 0.2) is 11.5 Å². The largest absolute Gasteiger partial charge is 0.339 e. The van der Waals surface area contributed by atoms with E-state index in [1.54, 1.807) is 0 Å². The van der Waals surface area contributed by atoms with Crippen LogP contribution >= 0.6 is 11.8 Å². The summed E-state index contributed by atoms with van der Waals surface area (Å²) < 4.78 is 0. The zero-order valence-electron chi connectivity index (χ0n) is 11.0. The number of rotatable bonds is 3. The number of fused-ring (bicyclic) bond motifs is 1. The lowest BCUT2D eigenvalue weighted by atomic mass is 9.78. The highest BCUT2D eigenvalue weighted by atomic mass is 32.2. The fourth-order valence-electron chi connectivity index (χ4n) is 3.41. The standard InChI is InChI=1S/C13H20N4OS/c18-12(8-19-13-14-9-15-16-13)17-7-3-5-10-4-1-2-6-11(10)17/h9-11H,1-8H2,(H,14,15,16)/t10-,11-/m1/s1. The Hall–Kier alpha value is -1.04. The van der Waals surface area contributed by atoms with Crippen LogP contribution in [0.4, 0.5) is 0 Å². The van der Waals surface area contributed by atoms with Gasteiger partial charge >= 0.3 is 0 Å². The van der Waals surface area contributed by atoms with Crippen molar-refractivity contribution in [2.75, 3.05) is 12.3 Å². The molecule has 2 aliphatic rings. The van der Waals surface area contributed by atoms with Crippen LogP contribution in [0.1, 0.15) is 38.5 Å². The van der Waals surface area contributed by atoms with Crippen LogP contribution in [0.2, 0.25) is 0 Å². The highest BCUT2D eigenvalue weighted by Gasteiger charge is 2.35. The first kappa shape index (κ1) is 13.0. The van der Waals surface area contributed by atoms with Gasteiger partial charge in [0.2, 0.25) is 5.91 Å². The summed E-state index contributed by atoms with van der Waals surface area (Å²) in [6.07, 6.45) is 9.08. The van der Waals surface area contributed by atoms with Gasteiger partial charge in [0.15, 0.2) is 5.16 Å². The van der Waals surface area contributed by atoms with E-state index in [9.17, 15) is 4.79 Å². The van der Waals surface area contributed by atoms with Crippen LogP contribution in [-0.2, 0) is 4.79 Å². The van der Waals surface area contributed by atoms with Gasteiger partial charge in [-0.25, -0.2) is 4.98 Å². The molecule has 2 fully saturated rings. The topological polar surface area (TPSA) is 61.9 Å². The van der Waals surface area contributed by atoms with Crippen LogP contribution in [-0.4, -0.2) is 44.3 Å². The molecule has 1 aliphatic carbocycles. The van der Waals surface area contributed by atoms with Crippen LogP contribution in [0.5, 0.6) is 0 Å². The summed E-state index contributed by atoms with van der Waals surface area (Å²) in [6.45, 7) is 0.941. The smallest absolute Gasteiger partial charge is 0.233 e. The lowest BCUT2D eigenvalue weighted by Crippen LogP contribution is -2.50. The second-order valence-corrected chi connectivity index (χ2v) is 6.38. The van der Waals surface area contributed by atoms with Crippen molar-refractivity contribution in [1.82, 2.24) is 20.1 Å². The predicted molar refractivity (Wildman–Crippen MR) is 73.8 cm³/mol. The van der Waals surface area contributed by atoms with Crippen LogP contribution < -0.4 is 0 Å². The minimum atomic E-state index is 0.262. The number of carbonyl (C=O) groups is 1. The molecule has 1 aliphatic heterocycles. The van der Waals surface area contributed by atoms with E-state index in [4.69, 9.17) is 0 Å². The Morgan fingerprint density at radius 2 is 2.21 bits per heavy atom. The van der Waals surface area contributed by atoms with E-state index in [1.807, 2.05) is 0 Å². The van der Waals surface area contributed by atoms with Gasteiger partial charge in [-0.05, 0) is 31.6 Å². The molecule has 5 nitrogen and oxygen atoms in total. The summed E-state index contributed by atoms with van der Waals surface area (Å²) in [7, 11) is 0.